The summed E-state index contributed by atoms with van der Waals surface area (Å²) >= 11 is 0. The molecule has 1 saturated carbocycles. The molecule has 2 aliphatic rings. The molecule has 1 N–H and O–H groups in total. The zero-order valence-electron chi connectivity index (χ0n) is 22.7. The molecule has 1 aliphatic heterocycles. The highest BCUT2D eigenvalue weighted by atomic mass is 19.3. The molecule has 0 bridgehead atoms. The van der Waals surface area contributed by atoms with E-state index in [0.29, 0.717) is 46.7 Å². The van der Waals surface area contributed by atoms with Crippen LogP contribution in [0.25, 0.3) is 11.0 Å². The Hall–Kier alpha value is -4.08. The van der Waals surface area contributed by atoms with E-state index >= 15 is 4.39 Å². The smallest absolute Gasteiger partial charge is 0.307 e. The molecule has 3 heterocycles. The highest BCUT2D eigenvalue weighted by Crippen LogP contribution is 2.40. The Labute approximate surface area is 235 Å². The Kier molecular flexibility index (Phi) is 7.09. The lowest BCUT2D eigenvalue weighted by molar-refractivity contribution is -0.143. The number of carboxylic acid groups (broad SMARTS) is 1. The molecule has 2 aromatic carbocycles. The third kappa shape index (κ3) is 5.60. The maximum absolute atomic E-state index is 15.4. The van der Waals surface area contributed by atoms with E-state index in [0.717, 1.165) is 24.1 Å². The number of aliphatic carboxylic acids is 1. The van der Waals surface area contributed by atoms with Gasteiger partial charge in [0.25, 0.3) is 5.92 Å². The van der Waals surface area contributed by atoms with E-state index < -0.39 is 36.7 Å². The normalized spacial score (nSPS) is 20.1. The second kappa shape index (κ2) is 10.7. The van der Waals surface area contributed by atoms with Crippen LogP contribution in [-0.2, 0) is 17.9 Å². The summed E-state index contributed by atoms with van der Waals surface area (Å²) in [5, 5.41) is 9.98. The molecule has 10 heteroatoms. The summed E-state index contributed by atoms with van der Waals surface area (Å²) in [6.07, 6.45) is 4.74. The number of carbonyl (C=O) groups is 1. The van der Waals surface area contributed by atoms with Crippen LogP contribution in [0.2, 0.25) is 0 Å². The van der Waals surface area contributed by atoms with Crippen molar-refractivity contribution < 1.29 is 27.8 Å². The predicted octanol–water partition coefficient (Wildman–Crippen LogP) is 6.32. The number of imidazole rings is 1. The van der Waals surface area contributed by atoms with Crippen LogP contribution in [0.4, 0.5) is 18.9 Å². The van der Waals surface area contributed by atoms with Crippen molar-refractivity contribution in [1.29, 1.82) is 0 Å². The minimum absolute atomic E-state index is 0.111. The summed E-state index contributed by atoms with van der Waals surface area (Å²) < 4.78 is 50.0. The van der Waals surface area contributed by atoms with Crippen molar-refractivity contribution >= 4 is 22.7 Å². The predicted molar refractivity (Wildman–Crippen MR) is 148 cm³/mol. The second-order valence-corrected chi connectivity index (χ2v) is 11.1. The summed E-state index contributed by atoms with van der Waals surface area (Å²) in [4.78, 5) is 22.9. The fraction of sp³-hybridized carbons (Fsp3) is 0.387. The number of alkyl halides is 2. The van der Waals surface area contributed by atoms with Crippen molar-refractivity contribution in [2.75, 3.05) is 18.0 Å². The number of halogens is 3. The molecule has 2 atom stereocenters. The highest BCUT2D eigenvalue weighted by molar-refractivity contribution is 5.79. The van der Waals surface area contributed by atoms with Crippen LogP contribution in [0, 0.1) is 18.7 Å². The zero-order valence-corrected chi connectivity index (χ0v) is 22.7. The largest absolute Gasteiger partial charge is 0.487 e. The molecule has 0 amide bonds. The molecule has 0 spiro atoms. The molecule has 0 radical (unpaired) electrons. The van der Waals surface area contributed by atoms with Gasteiger partial charge >= 0.3 is 5.97 Å². The molecule has 0 unspecified atom stereocenters. The summed E-state index contributed by atoms with van der Waals surface area (Å²) in [7, 11) is 0. The number of rotatable bonds is 8. The van der Waals surface area contributed by atoms with Crippen molar-refractivity contribution in [3.05, 3.63) is 83.2 Å². The first kappa shape index (κ1) is 27.1. The van der Waals surface area contributed by atoms with E-state index in [4.69, 9.17) is 9.72 Å². The van der Waals surface area contributed by atoms with Gasteiger partial charge in [-0.1, -0.05) is 25.0 Å². The maximum Gasteiger partial charge on any atom is 0.307 e. The molecule has 1 aliphatic carbocycles. The third-order valence-electron chi connectivity index (χ3n) is 8.10. The lowest BCUT2D eigenvalue weighted by Crippen LogP contribution is -2.56. The monoisotopic (exact) mass is 564 g/mol. The molecule has 41 heavy (non-hydrogen) atoms. The Morgan fingerprint density at radius 2 is 1.90 bits per heavy atom. The lowest BCUT2D eigenvalue weighted by atomic mass is 9.78. The minimum atomic E-state index is -2.75. The molecule has 6 rings (SSSR count). The topological polar surface area (TPSA) is 80.5 Å². The van der Waals surface area contributed by atoms with Crippen molar-refractivity contribution in [3.63, 3.8) is 0 Å². The Morgan fingerprint density at radius 3 is 2.61 bits per heavy atom. The zero-order chi connectivity index (χ0) is 28.7. The van der Waals surface area contributed by atoms with Gasteiger partial charge < -0.3 is 19.3 Å². The number of fused-ring (bicyclic) bond motifs is 1. The first-order valence-corrected chi connectivity index (χ1v) is 13.9. The number of carboxylic acids is 1. The quantitative estimate of drug-likeness (QED) is 0.270. The molecule has 1 saturated heterocycles. The lowest BCUT2D eigenvalue weighted by Gasteiger charge is -2.40. The third-order valence-corrected chi connectivity index (χ3v) is 8.10. The van der Waals surface area contributed by atoms with Gasteiger partial charge in [0.2, 0.25) is 0 Å². The van der Waals surface area contributed by atoms with E-state index in [1.165, 1.54) is 11.0 Å². The average Bonchev–Trinajstić information content (AvgIpc) is 3.29. The van der Waals surface area contributed by atoms with E-state index in [1.54, 1.807) is 18.3 Å². The van der Waals surface area contributed by atoms with Crippen LogP contribution < -0.4 is 9.64 Å². The van der Waals surface area contributed by atoms with E-state index in [2.05, 4.69) is 4.98 Å². The summed E-state index contributed by atoms with van der Waals surface area (Å²) in [6.45, 7) is 1.48. The average molecular weight is 565 g/mol. The van der Waals surface area contributed by atoms with E-state index in [1.807, 2.05) is 41.8 Å². The van der Waals surface area contributed by atoms with Crippen LogP contribution in [-0.4, -0.2) is 44.6 Å². The first-order valence-electron chi connectivity index (χ1n) is 13.9. The molecule has 2 fully saturated rings. The molecule has 4 aromatic rings. The van der Waals surface area contributed by atoms with Crippen LogP contribution in [0.5, 0.6) is 5.75 Å². The standard InChI is InChI=1S/C31H31F3N4O3/c1-19-6-8-21(35-14-19)16-41-23-10-11-27-28(13-23)38(29(36-27)24-4-2-3-5-25(24)30(39)40)15-20-7-9-22(12-26(20)32)37-17-31(33,34)18-37/h6-14,24-25H,2-5,15-18H2,1H3,(H,39,40)/t24-,25-/m1/s1. The Morgan fingerprint density at radius 1 is 1.10 bits per heavy atom. The number of hydrogen-bond donors (Lipinski definition) is 1. The van der Waals surface area contributed by atoms with Gasteiger partial charge in [0, 0.05) is 29.4 Å². The van der Waals surface area contributed by atoms with Gasteiger partial charge in [-0.15, -0.1) is 0 Å². The number of anilines is 1. The van der Waals surface area contributed by atoms with Crippen molar-refractivity contribution in [1.82, 2.24) is 14.5 Å². The molecule has 2 aromatic heterocycles. The number of pyridine rings is 1. The van der Waals surface area contributed by atoms with Gasteiger partial charge in [0.1, 0.15) is 24.0 Å². The van der Waals surface area contributed by atoms with Crippen molar-refractivity contribution in [2.24, 2.45) is 5.92 Å². The fourth-order valence-electron chi connectivity index (χ4n) is 5.86. The van der Waals surface area contributed by atoms with Crippen molar-refractivity contribution in [2.45, 2.75) is 57.6 Å². The fourth-order valence-corrected chi connectivity index (χ4v) is 5.86. The number of benzene rings is 2. The summed E-state index contributed by atoms with van der Waals surface area (Å²) in [5.74, 6) is -3.83. The van der Waals surface area contributed by atoms with E-state index in [9.17, 15) is 18.7 Å². The van der Waals surface area contributed by atoms with E-state index in [-0.39, 0.29) is 19.1 Å². The highest BCUT2D eigenvalue weighted by Gasteiger charge is 2.44. The van der Waals surface area contributed by atoms with Crippen LogP contribution in [0.15, 0.2) is 54.7 Å². The molecule has 7 nitrogen and oxygen atoms in total. The van der Waals surface area contributed by atoms with Gasteiger partial charge in [-0.2, -0.15) is 0 Å². The van der Waals surface area contributed by atoms with Crippen LogP contribution in [0.3, 0.4) is 0 Å². The summed E-state index contributed by atoms with van der Waals surface area (Å²) in [5.41, 5.74) is 3.96. The number of aryl methyl sites for hydroxylation is 1. The van der Waals surface area contributed by atoms with Gasteiger partial charge in [0.05, 0.1) is 42.3 Å². The van der Waals surface area contributed by atoms with Crippen LogP contribution >= 0.6 is 0 Å². The SMILES string of the molecule is Cc1ccc(COc2ccc3nc([C@@H]4CCCC[C@H]4C(=O)O)n(Cc4ccc(N5CC(F)(F)C5)cc4F)c3c2)nc1. The van der Waals surface area contributed by atoms with Crippen LogP contribution in [0.1, 0.15) is 54.2 Å². The second-order valence-electron chi connectivity index (χ2n) is 11.1. The number of nitrogens with zero attached hydrogens (tertiary/aromatic N) is 4. The first-order chi connectivity index (χ1) is 19.7. The Balaban J connectivity index is 1.35. The van der Waals surface area contributed by atoms with Crippen molar-refractivity contribution in [3.8, 4) is 5.75 Å². The summed E-state index contributed by atoms with van der Waals surface area (Å²) in [6, 6.07) is 13.9. The number of ether oxygens (including phenoxy) is 1. The minimum Gasteiger partial charge on any atom is -0.487 e. The van der Waals surface area contributed by atoms with Gasteiger partial charge in [0.15, 0.2) is 0 Å². The molecule has 214 valence electrons. The maximum atomic E-state index is 15.4. The number of hydrogen-bond acceptors (Lipinski definition) is 5. The molecular weight excluding hydrogens is 533 g/mol. The van der Waals surface area contributed by atoms with Gasteiger partial charge in [-0.3, -0.25) is 9.78 Å². The molecular formula is C31H31F3N4O3. The van der Waals surface area contributed by atoms with Gasteiger partial charge in [-0.25, -0.2) is 18.2 Å². The van der Waals surface area contributed by atoms with Gasteiger partial charge in [-0.05, 0) is 55.7 Å². The number of aromatic nitrogens is 3. The Bertz CT molecular complexity index is 1580.